The van der Waals surface area contributed by atoms with Crippen molar-refractivity contribution >= 4 is 6.21 Å². The first kappa shape index (κ1) is 12.4. The Morgan fingerprint density at radius 1 is 1.29 bits per heavy atom. The molecule has 1 saturated carbocycles. The fraction of sp³-hybridized carbons (Fsp3) is 0.667. The molecule has 2 nitrogen and oxygen atoms in total. The molecule has 17 heavy (non-hydrogen) atoms. The van der Waals surface area contributed by atoms with E-state index in [1.54, 1.807) is 7.11 Å². The lowest BCUT2D eigenvalue weighted by Gasteiger charge is -2.19. The quantitative estimate of drug-likeness (QED) is 0.674. The topological polar surface area (TPSA) is 21.6 Å². The van der Waals surface area contributed by atoms with Crippen LogP contribution >= 0.6 is 0 Å². The van der Waals surface area contributed by atoms with Crippen molar-refractivity contribution in [1.29, 1.82) is 0 Å². The number of nitrogens with zero attached hydrogens (tertiary/aromatic N) is 1. The molecule has 0 N–H and O–H groups in total. The summed E-state index contributed by atoms with van der Waals surface area (Å²) in [5.74, 6) is 1.04. The summed E-state index contributed by atoms with van der Waals surface area (Å²) in [6.45, 7) is 2.12. The van der Waals surface area contributed by atoms with Gasteiger partial charge in [-0.2, -0.15) is 0 Å². The first-order valence-corrected chi connectivity index (χ1v) is 6.78. The van der Waals surface area contributed by atoms with E-state index in [-0.39, 0.29) is 0 Å². The van der Waals surface area contributed by atoms with Gasteiger partial charge < -0.3 is 4.74 Å². The third-order valence-electron chi connectivity index (χ3n) is 3.73. The van der Waals surface area contributed by atoms with Gasteiger partial charge in [0.05, 0.1) is 7.11 Å². The zero-order valence-corrected chi connectivity index (χ0v) is 11.0. The molecule has 1 fully saturated rings. The van der Waals surface area contributed by atoms with Crippen molar-refractivity contribution < 1.29 is 4.74 Å². The van der Waals surface area contributed by atoms with Crippen molar-refractivity contribution in [3.05, 3.63) is 23.0 Å². The van der Waals surface area contributed by atoms with E-state index in [0.717, 1.165) is 18.6 Å². The van der Waals surface area contributed by atoms with Crippen LogP contribution in [0.1, 0.15) is 51.9 Å². The summed E-state index contributed by atoms with van der Waals surface area (Å²) in [6, 6.07) is 0.556. The molecule has 2 rings (SSSR count). The smallest absolute Gasteiger partial charge is 0.126 e. The molecule has 0 amide bonds. The standard InChI is InChI=1S/C15H23NO/c1-12-7-6-8-13(15(12)17-2)11-16-14-9-4-3-5-10-14/h7,11,14H,3-6,8-10H2,1-2H3/b16-11+. The molecule has 2 heteroatoms. The molecule has 0 aromatic carbocycles. The van der Waals surface area contributed by atoms with E-state index < -0.39 is 0 Å². The molecule has 0 unspecified atom stereocenters. The van der Waals surface area contributed by atoms with Gasteiger partial charge in [-0.3, -0.25) is 4.99 Å². The second-order valence-electron chi connectivity index (χ2n) is 5.05. The maximum atomic E-state index is 5.48. The Labute approximate surface area is 104 Å². The summed E-state index contributed by atoms with van der Waals surface area (Å²) < 4.78 is 5.48. The fourth-order valence-electron chi connectivity index (χ4n) is 2.74. The highest BCUT2D eigenvalue weighted by atomic mass is 16.5. The van der Waals surface area contributed by atoms with Gasteiger partial charge >= 0.3 is 0 Å². The van der Waals surface area contributed by atoms with Gasteiger partial charge in [0.1, 0.15) is 5.76 Å². The van der Waals surface area contributed by atoms with Crippen LogP contribution in [0.5, 0.6) is 0 Å². The van der Waals surface area contributed by atoms with Crippen LogP contribution in [0, 0.1) is 0 Å². The molecule has 0 bridgehead atoms. The number of allylic oxidation sites excluding steroid dienone is 3. The second-order valence-corrected chi connectivity index (χ2v) is 5.05. The van der Waals surface area contributed by atoms with Crippen LogP contribution < -0.4 is 0 Å². The molecule has 0 aliphatic heterocycles. The van der Waals surface area contributed by atoms with Crippen molar-refractivity contribution in [2.24, 2.45) is 4.99 Å². The van der Waals surface area contributed by atoms with E-state index in [9.17, 15) is 0 Å². The lowest BCUT2D eigenvalue weighted by Crippen LogP contribution is -2.11. The van der Waals surface area contributed by atoms with Crippen molar-refractivity contribution in [1.82, 2.24) is 0 Å². The predicted molar refractivity (Wildman–Crippen MR) is 72.4 cm³/mol. The third kappa shape index (κ3) is 3.21. The largest absolute Gasteiger partial charge is 0.496 e. The van der Waals surface area contributed by atoms with Crippen molar-refractivity contribution in [2.45, 2.75) is 57.9 Å². The summed E-state index contributed by atoms with van der Waals surface area (Å²) >= 11 is 0. The molecule has 94 valence electrons. The highest BCUT2D eigenvalue weighted by Crippen LogP contribution is 2.25. The van der Waals surface area contributed by atoms with Crippen LogP contribution in [0.4, 0.5) is 0 Å². The molecule has 2 aliphatic rings. The Bertz CT molecular complexity index is 346. The summed E-state index contributed by atoms with van der Waals surface area (Å²) in [6.07, 6.45) is 13.1. The summed E-state index contributed by atoms with van der Waals surface area (Å²) in [5.41, 5.74) is 2.53. The average Bonchev–Trinajstić information content (AvgIpc) is 2.37. The molecule has 0 aromatic heterocycles. The maximum absolute atomic E-state index is 5.48. The molecule has 0 atom stereocenters. The van der Waals surface area contributed by atoms with Gasteiger partial charge in [-0.05, 0) is 38.2 Å². The minimum absolute atomic E-state index is 0.556. The zero-order chi connectivity index (χ0) is 12.1. The Morgan fingerprint density at radius 2 is 2.06 bits per heavy atom. The summed E-state index contributed by atoms with van der Waals surface area (Å²) in [7, 11) is 1.76. The SMILES string of the molecule is COC1=C(/C=N/C2CCCCC2)CCC=C1C. The lowest BCUT2D eigenvalue weighted by atomic mass is 9.95. The highest BCUT2D eigenvalue weighted by Gasteiger charge is 2.14. The first-order chi connectivity index (χ1) is 8.31. The van der Waals surface area contributed by atoms with E-state index in [1.165, 1.54) is 43.3 Å². The Morgan fingerprint density at radius 3 is 2.76 bits per heavy atom. The van der Waals surface area contributed by atoms with Gasteiger partial charge in [-0.25, -0.2) is 0 Å². The Balaban J connectivity index is 2.05. The minimum Gasteiger partial charge on any atom is -0.496 e. The molecule has 0 radical (unpaired) electrons. The van der Waals surface area contributed by atoms with Crippen molar-refractivity contribution in [3.63, 3.8) is 0 Å². The number of ether oxygens (including phenoxy) is 1. The van der Waals surface area contributed by atoms with Crippen LogP contribution in [-0.2, 0) is 4.74 Å². The Kier molecular flexibility index (Phi) is 4.41. The van der Waals surface area contributed by atoms with Crippen LogP contribution in [0.15, 0.2) is 28.0 Å². The highest BCUT2D eigenvalue weighted by molar-refractivity contribution is 5.81. The molecule has 0 aromatic rings. The van der Waals surface area contributed by atoms with Gasteiger partial charge in [0.25, 0.3) is 0 Å². The van der Waals surface area contributed by atoms with E-state index in [4.69, 9.17) is 9.73 Å². The minimum atomic E-state index is 0.556. The van der Waals surface area contributed by atoms with E-state index in [2.05, 4.69) is 19.2 Å². The van der Waals surface area contributed by atoms with Crippen LogP contribution in [-0.4, -0.2) is 19.4 Å². The fourth-order valence-corrected chi connectivity index (χ4v) is 2.74. The van der Waals surface area contributed by atoms with Crippen LogP contribution in [0.3, 0.4) is 0 Å². The van der Waals surface area contributed by atoms with Gasteiger partial charge in [0, 0.05) is 17.8 Å². The van der Waals surface area contributed by atoms with E-state index >= 15 is 0 Å². The number of hydrogen-bond acceptors (Lipinski definition) is 2. The molecule has 2 aliphatic carbocycles. The second kappa shape index (κ2) is 6.04. The molecule has 0 saturated heterocycles. The van der Waals surface area contributed by atoms with Crippen molar-refractivity contribution in [3.8, 4) is 0 Å². The summed E-state index contributed by atoms with van der Waals surface area (Å²) in [5, 5.41) is 0. The predicted octanol–water partition coefficient (Wildman–Crippen LogP) is 4.03. The lowest BCUT2D eigenvalue weighted by molar-refractivity contribution is 0.295. The zero-order valence-electron chi connectivity index (χ0n) is 11.0. The van der Waals surface area contributed by atoms with Gasteiger partial charge in [0.2, 0.25) is 0 Å². The first-order valence-electron chi connectivity index (χ1n) is 6.78. The molecular formula is C15H23NO. The van der Waals surface area contributed by atoms with Crippen LogP contribution in [0.2, 0.25) is 0 Å². The maximum Gasteiger partial charge on any atom is 0.126 e. The van der Waals surface area contributed by atoms with Gasteiger partial charge in [0.15, 0.2) is 0 Å². The third-order valence-corrected chi connectivity index (χ3v) is 3.73. The molecular weight excluding hydrogens is 210 g/mol. The normalized spacial score (nSPS) is 23.1. The average molecular weight is 233 g/mol. The number of rotatable bonds is 3. The monoisotopic (exact) mass is 233 g/mol. The van der Waals surface area contributed by atoms with E-state index in [0.29, 0.717) is 6.04 Å². The molecule has 0 spiro atoms. The number of hydrogen-bond donors (Lipinski definition) is 0. The van der Waals surface area contributed by atoms with Gasteiger partial charge in [-0.15, -0.1) is 0 Å². The number of methoxy groups -OCH3 is 1. The Hall–Kier alpha value is -1.05. The van der Waals surface area contributed by atoms with Crippen molar-refractivity contribution in [2.75, 3.05) is 7.11 Å². The van der Waals surface area contributed by atoms with Crippen LogP contribution in [0.25, 0.3) is 0 Å². The molecule has 0 heterocycles. The van der Waals surface area contributed by atoms with Gasteiger partial charge in [-0.1, -0.05) is 25.3 Å². The number of aliphatic imine (C=N–C) groups is 1. The van der Waals surface area contributed by atoms with E-state index in [1.807, 2.05) is 0 Å². The summed E-state index contributed by atoms with van der Waals surface area (Å²) in [4.78, 5) is 4.75.